The summed E-state index contributed by atoms with van der Waals surface area (Å²) in [6.07, 6.45) is 8.93. The van der Waals surface area contributed by atoms with Crippen LogP contribution in [0.4, 0.5) is 0 Å². The maximum Gasteiger partial charge on any atom is 0.0732 e. The molecular formula is C46H41N5. The zero-order valence-electron chi connectivity index (χ0n) is 29.2. The molecule has 0 aliphatic heterocycles. The fraction of sp³-hybridized carbons (Fsp3) is 0.174. The van der Waals surface area contributed by atoms with Gasteiger partial charge in [0.25, 0.3) is 0 Å². The molecule has 6 aromatic carbocycles. The molecular weight excluding hydrogens is 623 g/mol. The molecule has 5 heteroatoms. The second-order valence-electron chi connectivity index (χ2n) is 13.8. The molecule has 0 saturated heterocycles. The quantitative estimate of drug-likeness (QED) is 0.131. The third-order valence-electron chi connectivity index (χ3n) is 10.7. The van der Waals surface area contributed by atoms with Crippen molar-refractivity contribution in [3.63, 3.8) is 0 Å². The fourth-order valence-corrected chi connectivity index (χ4v) is 7.97. The SMILES string of the molecule is CCCCC(CC)Cn1c2ccc(/C=N/n3c4ccccc4c4ccccc43)cc2c2cc(/C=N/n3c4ccccc4c4ccccc43)ccc21. The van der Waals surface area contributed by atoms with E-state index in [4.69, 9.17) is 10.2 Å². The lowest BCUT2D eigenvalue weighted by Crippen LogP contribution is -2.10. The first-order valence-electron chi connectivity index (χ1n) is 18.3. The number of unbranched alkanes of at least 4 members (excludes halogenated alkanes) is 1. The first-order valence-corrected chi connectivity index (χ1v) is 18.3. The van der Waals surface area contributed by atoms with E-state index in [9.17, 15) is 0 Å². The molecule has 0 bridgehead atoms. The van der Waals surface area contributed by atoms with Gasteiger partial charge in [-0.05, 0) is 72.0 Å². The van der Waals surface area contributed by atoms with Crippen LogP contribution in [0.5, 0.6) is 0 Å². The largest absolute Gasteiger partial charge is 0.340 e. The predicted octanol–water partition coefficient (Wildman–Crippen LogP) is 12.0. The third kappa shape index (κ3) is 5.41. The summed E-state index contributed by atoms with van der Waals surface area (Å²) < 4.78 is 6.69. The van der Waals surface area contributed by atoms with E-state index in [0.29, 0.717) is 5.92 Å². The highest BCUT2D eigenvalue weighted by Gasteiger charge is 2.16. The van der Waals surface area contributed by atoms with Gasteiger partial charge in [-0.2, -0.15) is 10.2 Å². The van der Waals surface area contributed by atoms with Gasteiger partial charge in [-0.1, -0.05) is 118 Å². The van der Waals surface area contributed by atoms with E-state index < -0.39 is 0 Å². The minimum atomic E-state index is 0.636. The molecule has 5 nitrogen and oxygen atoms in total. The molecule has 1 atom stereocenters. The summed E-state index contributed by atoms with van der Waals surface area (Å²) in [5.74, 6) is 0.636. The summed E-state index contributed by atoms with van der Waals surface area (Å²) in [7, 11) is 0. The number of nitrogens with zero attached hydrogens (tertiary/aromatic N) is 5. The Hall–Kier alpha value is -5.94. The van der Waals surface area contributed by atoms with Crippen molar-refractivity contribution in [3.8, 4) is 0 Å². The van der Waals surface area contributed by atoms with Crippen molar-refractivity contribution in [3.05, 3.63) is 145 Å². The predicted molar refractivity (Wildman–Crippen MR) is 218 cm³/mol. The summed E-state index contributed by atoms with van der Waals surface area (Å²) in [4.78, 5) is 0. The Labute approximate surface area is 297 Å². The summed E-state index contributed by atoms with van der Waals surface area (Å²) in [6.45, 7) is 5.64. The molecule has 0 amide bonds. The Bertz CT molecular complexity index is 2480. The molecule has 0 saturated carbocycles. The average molecular weight is 664 g/mol. The summed E-state index contributed by atoms with van der Waals surface area (Å²) >= 11 is 0. The van der Waals surface area contributed by atoms with Crippen molar-refractivity contribution < 1.29 is 0 Å². The third-order valence-corrected chi connectivity index (χ3v) is 10.7. The monoisotopic (exact) mass is 663 g/mol. The highest BCUT2D eigenvalue weighted by Crippen LogP contribution is 2.34. The van der Waals surface area contributed by atoms with Gasteiger partial charge in [0.1, 0.15) is 0 Å². The molecule has 3 heterocycles. The highest BCUT2D eigenvalue weighted by atomic mass is 15.3. The molecule has 0 N–H and O–H groups in total. The van der Waals surface area contributed by atoms with Crippen molar-refractivity contribution in [1.29, 1.82) is 0 Å². The van der Waals surface area contributed by atoms with Crippen LogP contribution in [0.2, 0.25) is 0 Å². The first-order chi connectivity index (χ1) is 25.2. The maximum absolute atomic E-state index is 5.07. The number of rotatable bonds is 10. The zero-order valence-corrected chi connectivity index (χ0v) is 29.2. The lowest BCUT2D eigenvalue weighted by Gasteiger charge is -2.17. The van der Waals surface area contributed by atoms with Gasteiger partial charge in [-0.15, -0.1) is 0 Å². The van der Waals surface area contributed by atoms with Gasteiger partial charge in [0, 0.05) is 49.9 Å². The standard InChI is InChI=1S/C46H41N5/c1-3-5-14-32(4-2)31-49-41-25-23-33(29-47-50-43-19-10-6-15-35(43)36-16-7-11-20-44(36)50)27-39(41)40-28-34(24-26-42(40)49)30-48-51-45-21-12-8-17-37(45)38-18-9-13-22-46(38)51/h6-13,15-30,32H,3-5,14,31H2,1-2H3/b47-29+,48-30+. The molecule has 9 rings (SSSR count). The number of fused-ring (bicyclic) bond motifs is 9. The lowest BCUT2D eigenvalue weighted by molar-refractivity contribution is 0.401. The van der Waals surface area contributed by atoms with Crippen molar-refractivity contribution in [2.75, 3.05) is 0 Å². The molecule has 1 unspecified atom stereocenters. The van der Waals surface area contributed by atoms with Gasteiger partial charge in [0.2, 0.25) is 0 Å². The molecule has 0 spiro atoms. The van der Waals surface area contributed by atoms with Crippen LogP contribution in [0.1, 0.15) is 50.7 Å². The smallest absolute Gasteiger partial charge is 0.0732 e. The lowest BCUT2D eigenvalue weighted by atomic mass is 9.99. The average Bonchev–Trinajstić information content (AvgIpc) is 3.79. The molecule has 51 heavy (non-hydrogen) atoms. The second-order valence-corrected chi connectivity index (χ2v) is 13.8. The van der Waals surface area contributed by atoms with Crippen LogP contribution in [-0.2, 0) is 6.54 Å². The summed E-state index contributed by atoms with van der Waals surface area (Å²) in [5.41, 5.74) is 9.12. The van der Waals surface area contributed by atoms with E-state index >= 15 is 0 Å². The number of hydrogen-bond donors (Lipinski definition) is 0. The molecule has 0 fully saturated rings. The van der Waals surface area contributed by atoms with Gasteiger partial charge in [-0.25, -0.2) is 9.35 Å². The van der Waals surface area contributed by atoms with Crippen LogP contribution < -0.4 is 0 Å². The van der Waals surface area contributed by atoms with Crippen LogP contribution in [0.15, 0.2) is 144 Å². The molecule has 0 aliphatic rings. The van der Waals surface area contributed by atoms with Gasteiger partial charge in [0.15, 0.2) is 0 Å². The number of para-hydroxylation sites is 4. The van der Waals surface area contributed by atoms with Crippen molar-refractivity contribution in [2.24, 2.45) is 16.1 Å². The molecule has 0 radical (unpaired) electrons. The van der Waals surface area contributed by atoms with Crippen LogP contribution in [0, 0.1) is 5.92 Å². The van der Waals surface area contributed by atoms with E-state index in [0.717, 1.165) is 39.7 Å². The number of hydrogen-bond acceptors (Lipinski definition) is 2. The Kier molecular flexibility index (Phi) is 7.96. The van der Waals surface area contributed by atoms with Gasteiger partial charge in [0.05, 0.1) is 34.5 Å². The van der Waals surface area contributed by atoms with Crippen molar-refractivity contribution in [1.82, 2.24) is 13.9 Å². The van der Waals surface area contributed by atoms with Gasteiger partial charge >= 0.3 is 0 Å². The van der Waals surface area contributed by atoms with Crippen LogP contribution in [-0.4, -0.2) is 26.3 Å². The Balaban J connectivity index is 1.16. The molecule has 250 valence electrons. The number of aromatic nitrogens is 3. The normalized spacial score (nSPS) is 13.1. The molecule has 3 aromatic heterocycles. The van der Waals surface area contributed by atoms with Gasteiger partial charge in [-0.3, -0.25) is 0 Å². The zero-order chi connectivity index (χ0) is 34.3. The summed E-state index contributed by atoms with van der Waals surface area (Å²) in [6, 6.07) is 47.7. The van der Waals surface area contributed by atoms with E-state index in [2.05, 4.69) is 161 Å². The van der Waals surface area contributed by atoms with E-state index in [-0.39, 0.29) is 0 Å². The van der Waals surface area contributed by atoms with Crippen LogP contribution in [0.3, 0.4) is 0 Å². The van der Waals surface area contributed by atoms with E-state index in [1.165, 1.54) is 69.0 Å². The first kappa shape index (κ1) is 31.1. The van der Waals surface area contributed by atoms with Crippen LogP contribution in [0.25, 0.3) is 65.4 Å². The van der Waals surface area contributed by atoms with Crippen LogP contribution >= 0.6 is 0 Å². The number of benzene rings is 6. The topological polar surface area (TPSA) is 39.5 Å². The molecule has 0 aliphatic carbocycles. The minimum absolute atomic E-state index is 0.636. The van der Waals surface area contributed by atoms with Gasteiger partial charge < -0.3 is 4.57 Å². The molecule has 9 aromatic rings. The summed E-state index contributed by atoms with van der Waals surface area (Å²) in [5, 5.41) is 17.5. The van der Waals surface area contributed by atoms with E-state index in [1.807, 2.05) is 12.4 Å². The second kappa shape index (κ2) is 13.1. The highest BCUT2D eigenvalue weighted by molar-refractivity contribution is 6.12. The Morgan fingerprint density at radius 2 is 0.902 bits per heavy atom. The maximum atomic E-state index is 5.07. The Morgan fingerprint density at radius 1 is 0.490 bits per heavy atom. The van der Waals surface area contributed by atoms with Crippen molar-refractivity contribution in [2.45, 2.75) is 46.1 Å². The fourth-order valence-electron chi connectivity index (χ4n) is 7.97. The Morgan fingerprint density at radius 3 is 1.29 bits per heavy atom. The van der Waals surface area contributed by atoms with Crippen molar-refractivity contribution >= 4 is 77.8 Å². The minimum Gasteiger partial charge on any atom is -0.340 e. The van der Waals surface area contributed by atoms with E-state index in [1.54, 1.807) is 0 Å².